The van der Waals surface area contributed by atoms with Gasteiger partial charge in [0.25, 0.3) is 0 Å². The minimum atomic E-state index is -2.58. The third-order valence-corrected chi connectivity index (χ3v) is 2.99. The first-order valence-electron chi connectivity index (χ1n) is 6.14. The molecule has 0 bridgehead atoms. The van der Waals surface area contributed by atoms with Gasteiger partial charge in [-0.3, -0.25) is 9.11 Å². The van der Waals surface area contributed by atoms with E-state index in [1.807, 2.05) is 27.7 Å². The van der Waals surface area contributed by atoms with Crippen molar-refractivity contribution in [1.29, 1.82) is 0 Å². The Balaban J connectivity index is 0. The molecule has 102 valence electrons. The zero-order valence-corrected chi connectivity index (χ0v) is 12.8. The molecule has 0 amide bonds. The SMILES string of the molecule is CC.CC(C)CCCC(C)(C)NS(C)(O)O. The van der Waals surface area contributed by atoms with Gasteiger partial charge >= 0.3 is 0 Å². The van der Waals surface area contributed by atoms with Crippen molar-refractivity contribution < 1.29 is 9.11 Å². The summed E-state index contributed by atoms with van der Waals surface area (Å²) in [5, 5.41) is 0. The second-order valence-electron chi connectivity index (χ2n) is 5.11. The number of hydrogen-bond acceptors (Lipinski definition) is 3. The van der Waals surface area contributed by atoms with Gasteiger partial charge in [-0.05, 0) is 26.2 Å². The maximum Gasteiger partial charge on any atom is 0.0416 e. The van der Waals surface area contributed by atoms with Crippen LogP contribution >= 0.6 is 10.8 Å². The standard InChI is InChI=1S/C10H25NO2S.C2H6/c1-9(2)7-6-8-10(3,4)11-14(5,12)13;1-2/h9,11-13H,6-8H2,1-5H3;1-2H3. The summed E-state index contributed by atoms with van der Waals surface area (Å²) in [5.74, 6) is 0.716. The Labute approximate surface area is 104 Å². The van der Waals surface area contributed by atoms with Crippen LogP contribution in [0.1, 0.15) is 60.8 Å². The fraction of sp³-hybridized carbons (Fsp3) is 1.00. The molecule has 0 radical (unpaired) electrons. The van der Waals surface area contributed by atoms with Crippen LogP contribution in [0.15, 0.2) is 0 Å². The zero-order chi connectivity index (χ0) is 13.4. The Morgan fingerprint density at radius 2 is 1.62 bits per heavy atom. The molecule has 0 saturated carbocycles. The highest BCUT2D eigenvalue weighted by Gasteiger charge is 2.21. The molecule has 0 rings (SSSR count). The molecule has 0 saturated heterocycles. The Kier molecular flexibility index (Phi) is 9.69. The van der Waals surface area contributed by atoms with Gasteiger partial charge in [0.2, 0.25) is 0 Å². The van der Waals surface area contributed by atoms with Crippen molar-refractivity contribution >= 4 is 10.8 Å². The normalized spacial score (nSPS) is 13.4. The molecule has 0 aliphatic rings. The van der Waals surface area contributed by atoms with Crippen LogP contribution in [0.2, 0.25) is 0 Å². The summed E-state index contributed by atoms with van der Waals surface area (Å²) in [6, 6.07) is 0. The summed E-state index contributed by atoms with van der Waals surface area (Å²) in [7, 11) is -2.58. The van der Waals surface area contributed by atoms with Crippen LogP contribution < -0.4 is 4.72 Å². The second-order valence-corrected chi connectivity index (χ2v) is 6.98. The predicted octanol–water partition coefficient (Wildman–Crippen LogP) is 4.50. The summed E-state index contributed by atoms with van der Waals surface area (Å²) in [4.78, 5) is 0. The van der Waals surface area contributed by atoms with Crippen LogP contribution in [-0.4, -0.2) is 20.9 Å². The monoisotopic (exact) mass is 253 g/mol. The molecule has 0 unspecified atom stereocenters. The minimum absolute atomic E-state index is 0.192. The first-order valence-corrected chi connectivity index (χ1v) is 8.10. The van der Waals surface area contributed by atoms with E-state index in [0.29, 0.717) is 5.92 Å². The van der Waals surface area contributed by atoms with Gasteiger partial charge in [-0.15, -0.1) is 10.8 Å². The highest BCUT2D eigenvalue weighted by Crippen LogP contribution is 2.33. The molecule has 16 heavy (non-hydrogen) atoms. The van der Waals surface area contributed by atoms with Crippen molar-refractivity contribution in [3.8, 4) is 0 Å². The van der Waals surface area contributed by atoms with E-state index in [9.17, 15) is 9.11 Å². The van der Waals surface area contributed by atoms with E-state index in [1.165, 1.54) is 12.7 Å². The average Bonchev–Trinajstić information content (AvgIpc) is 2.01. The van der Waals surface area contributed by atoms with E-state index in [1.54, 1.807) is 0 Å². The van der Waals surface area contributed by atoms with Gasteiger partial charge in [0.1, 0.15) is 0 Å². The summed E-state index contributed by atoms with van der Waals surface area (Å²) in [6.45, 7) is 12.4. The van der Waals surface area contributed by atoms with Crippen molar-refractivity contribution in [3.05, 3.63) is 0 Å². The quantitative estimate of drug-likeness (QED) is 0.653. The molecule has 4 heteroatoms. The van der Waals surface area contributed by atoms with Crippen LogP contribution in [0.4, 0.5) is 0 Å². The van der Waals surface area contributed by atoms with E-state index >= 15 is 0 Å². The molecule has 0 aromatic heterocycles. The molecule has 0 spiro atoms. The highest BCUT2D eigenvalue weighted by molar-refractivity contribution is 8.22. The molecular formula is C12H31NO2S. The molecule has 0 heterocycles. The zero-order valence-electron chi connectivity index (χ0n) is 12.0. The highest BCUT2D eigenvalue weighted by atomic mass is 32.3. The Bertz CT molecular complexity index is 165. The average molecular weight is 253 g/mol. The molecule has 0 aliphatic heterocycles. The molecule has 3 nitrogen and oxygen atoms in total. The smallest absolute Gasteiger partial charge is 0.0416 e. The van der Waals surface area contributed by atoms with Crippen molar-refractivity contribution in [2.45, 2.75) is 66.3 Å². The lowest BCUT2D eigenvalue weighted by atomic mass is 9.96. The first-order chi connectivity index (χ1) is 7.12. The van der Waals surface area contributed by atoms with Gasteiger partial charge in [-0.25, -0.2) is 4.72 Å². The number of hydrogen-bond donors (Lipinski definition) is 3. The van der Waals surface area contributed by atoms with E-state index in [-0.39, 0.29) is 5.54 Å². The van der Waals surface area contributed by atoms with Gasteiger partial charge in [0, 0.05) is 11.8 Å². The van der Waals surface area contributed by atoms with Crippen LogP contribution in [-0.2, 0) is 0 Å². The lowest BCUT2D eigenvalue weighted by molar-refractivity contribution is 0.367. The largest absolute Gasteiger partial charge is 0.286 e. The first kappa shape index (κ1) is 18.6. The van der Waals surface area contributed by atoms with Crippen LogP contribution in [0.3, 0.4) is 0 Å². The summed E-state index contributed by atoms with van der Waals surface area (Å²) >= 11 is 0. The van der Waals surface area contributed by atoms with Gasteiger partial charge in [-0.1, -0.05) is 40.5 Å². The molecule has 0 aliphatic carbocycles. The third-order valence-electron chi connectivity index (χ3n) is 2.05. The van der Waals surface area contributed by atoms with Gasteiger partial charge < -0.3 is 0 Å². The number of rotatable bonds is 6. The van der Waals surface area contributed by atoms with Crippen molar-refractivity contribution in [3.63, 3.8) is 0 Å². The van der Waals surface area contributed by atoms with E-state index in [0.717, 1.165) is 12.8 Å². The summed E-state index contributed by atoms with van der Waals surface area (Å²) in [6.07, 6.45) is 4.70. The maximum absolute atomic E-state index is 9.29. The van der Waals surface area contributed by atoms with Gasteiger partial charge in [0.15, 0.2) is 0 Å². The number of nitrogens with one attached hydrogen (secondary N) is 1. The molecule has 3 N–H and O–H groups in total. The minimum Gasteiger partial charge on any atom is -0.286 e. The maximum atomic E-state index is 9.29. The van der Waals surface area contributed by atoms with Gasteiger partial charge in [-0.2, -0.15) is 0 Å². The van der Waals surface area contributed by atoms with Crippen LogP contribution in [0.5, 0.6) is 0 Å². The van der Waals surface area contributed by atoms with Crippen LogP contribution in [0.25, 0.3) is 0 Å². The molecule has 0 fully saturated rings. The molecule has 0 aromatic carbocycles. The lowest BCUT2D eigenvalue weighted by Gasteiger charge is -2.38. The summed E-state index contributed by atoms with van der Waals surface area (Å²) in [5.41, 5.74) is -0.192. The van der Waals surface area contributed by atoms with Crippen molar-refractivity contribution in [1.82, 2.24) is 4.72 Å². The Morgan fingerprint density at radius 1 is 1.19 bits per heavy atom. The van der Waals surface area contributed by atoms with Crippen LogP contribution in [0, 0.1) is 5.92 Å². The fourth-order valence-corrected chi connectivity index (χ4v) is 2.68. The Hall–Kier alpha value is 0.230. The van der Waals surface area contributed by atoms with E-state index in [2.05, 4.69) is 18.6 Å². The molecule has 0 aromatic rings. The fourth-order valence-electron chi connectivity index (χ4n) is 1.53. The van der Waals surface area contributed by atoms with Gasteiger partial charge in [0.05, 0.1) is 0 Å². The lowest BCUT2D eigenvalue weighted by Crippen LogP contribution is -2.40. The van der Waals surface area contributed by atoms with E-state index < -0.39 is 10.8 Å². The topological polar surface area (TPSA) is 52.5 Å². The molecule has 0 atom stereocenters. The summed E-state index contributed by atoms with van der Waals surface area (Å²) < 4.78 is 21.4. The van der Waals surface area contributed by atoms with Crippen molar-refractivity contribution in [2.75, 3.05) is 6.26 Å². The predicted molar refractivity (Wildman–Crippen MR) is 76.0 cm³/mol. The van der Waals surface area contributed by atoms with Crippen molar-refractivity contribution in [2.24, 2.45) is 5.92 Å². The second kappa shape index (κ2) is 8.34. The third kappa shape index (κ3) is 14.2. The Morgan fingerprint density at radius 3 is 1.94 bits per heavy atom. The molecular weight excluding hydrogens is 222 g/mol. The van der Waals surface area contributed by atoms with E-state index in [4.69, 9.17) is 0 Å².